The molecule has 0 bridgehead atoms. The first-order valence-corrected chi connectivity index (χ1v) is 6.47. The zero-order valence-electron chi connectivity index (χ0n) is 11.0. The minimum Gasteiger partial charge on any atom is -0.484 e. The van der Waals surface area contributed by atoms with Crippen molar-refractivity contribution in [3.8, 4) is 5.75 Å². The number of nitrogen functional groups attached to an aromatic ring is 1. The number of carbonyl (C=O) groups is 1. The standard InChI is InChI=1S/C15H15ClN2O2/c1-10-3-2-4-12(7-10)20-9-15(19)18-14-8-11(17)5-6-13(14)16/h2-8H,9,17H2,1H3,(H,18,19). The Bertz CT molecular complexity index is 629. The van der Waals surface area contributed by atoms with Gasteiger partial charge in [-0.25, -0.2) is 0 Å². The van der Waals surface area contributed by atoms with E-state index in [2.05, 4.69) is 5.32 Å². The summed E-state index contributed by atoms with van der Waals surface area (Å²) in [4.78, 5) is 11.8. The minimum atomic E-state index is -0.293. The van der Waals surface area contributed by atoms with Gasteiger partial charge in [-0.1, -0.05) is 23.7 Å². The van der Waals surface area contributed by atoms with Gasteiger partial charge in [-0.15, -0.1) is 0 Å². The molecule has 0 atom stereocenters. The predicted molar refractivity (Wildman–Crippen MR) is 81.2 cm³/mol. The number of hydrogen-bond donors (Lipinski definition) is 2. The Morgan fingerprint density at radius 3 is 2.85 bits per heavy atom. The zero-order valence-corrected chi connectivity index (χ0v) is 11.8. The van der Waals surface area contributed by atoms with Crippen molar-refractivity contribution in [1.82, 2.24) is 0 Å². The molecule has 0 heterocycles. The maximum Gasteiger partial charge on any atom is 0.262 e. The number of carbonyl (C=O) groups excluding carboxylic acids is 1. The molecule has 1 amide bonds. The second-order valence-corrected chi connectivity index (χ2v) is 4.80. The molecule has 2 aromatic rings. The molecular formula is C15H15ClN2O2. The summed E-state index contributed by atoms with van der Waals surface area (Å²) in [5.41, 5.74) is 7.72. The van der Waals surface area contributed by atoms with Crippen LogP contribution >= 0.6 is 11.6 Å². The van der Waals surface area contributed by atoms with E-state index in [0.29, 0.717) is 22.1 Å². The summed E-state index contributed by atoms with van der Waals surface area (Å²) >= 11 is 5.97. The van der Waals surface area contributed by atoms with Gasteiger partial charge in [0.25, 0.3) is 5.91 Å². The van der Waals surface area contributed by atoms with Crippen LogP contribution in [0.25, 0.3) is 0 Å². The van der Waals surface area contributed by atoms with Gasteiger partial charge in [0, 0.05) is 5.69 Å². The van der Waals surface area contributed by atoms with Crippen molar-refractivity contribution < 1.29 is 9.53 Å². The minimum absolute atomic E-state index is 0.0887. The average molecular weight is 291 g/mol. The number of amides is 1. The molecule has 20 heavy (non-hydrogen) atoms. The lowest BCUT2D eigenvalue weighted by Gasteiger charge is -2.09. The molecule has 0 aliphatic heterocycles. The number of rotatable bonds is 4. The molecule has 0 aliphatic carbocycles. The first-order chi connectivity index (χ1) is 9.54. The fourth-order valence-corrected chi connectivity index (χ4v) is 1.84. The summed E-state index contributed by atoms with van der Waals surface area (Å²) in [5.74, 6) is 0.359. The highest BCUT2D eigenvalue weighted by Gasteiger charge is 2.07. The molecule has 0 aliphatic rings. The van der Waals surface area contributed by atoms with E-state index in [-0.39, 0.29) is 12.5 Å². The SMILES string of the molecule is Cc1cccc(OCC(=O)Nc2cc(N)ccc2Cl)c1. The second-order valence-electron chi connectivity index (χ2n) is 4.39. The van der Waals surface area contributed by atoms with Crippen molar-refractivity contribution in [3.05, 3.63) is 53.1 Å². The van der Waals surface area contributed by atoms with E-state index in [1.165, 1.54) is 0 Å². The van der Waals surface area contributed by atoms with E-state index in [0.717, 1.165) is 5.56 Å². The molecule has 0 saturated heterocycles. The third kappa shape index (κ3) is 3.90. The van der Waals surface area contributed by atoms with Crippen molar-refractivity contribution >= 4 is 28.9 Å². The molecule has 4 nitrogen and oxygen atoms in total. The number of nitrogens with two attached hydrogens (primary N) is 1. The topological polar surface area (TPSA) is 64.3 Å². The third-order valence-corrected chi connectivity index (χ3v) is 2.95. The van der Waals surface area contributed by atoms with Crippen molar-refractivity contribution in [3.63, 3.8) is 0 Å². The Morgan fingerprint density at radius 2 is 2.10 bits per heavy atom. The monoisotopic (exact) mass is 290 g/mol. The number of ether oxygens (including phenoxy) is 1. The van der Waals surface area contributed by atoms with Gasteiger partial charge in [0.2, 0.25) is 0 Å². The Labute approximate surface area is 122 Å². The number of benzene rings is 2. The number of halogens is 1. The molecule has 5 heteroatoms. The van der Waals surface area contributed by atoms with Crippen LogP contribution < -0.4 is 15.8 Å². The van der Waals surface area contributed by atoms with Crippen LogP contribution in [0.3, 0.4) is 0 Å². The first kappa shape index (κ1) is 14.2. The van der Waals surface area contributed by atoms with Crippen molar-refractivity contribution in [2.45, 2.75) is 6.92 Å². The number of nitrogens with one attached hydrogen (secondary N) is 1. The highest BCUT2D eigenvalue weighted by Crippen LogP contribution is 2.24. The van der Waals surface area contributed by atoms with E-state index < -0.39 is 0 Å². The Kier molecular flexibility index (Phi) is 4.48. The molecule has 2 aromatic carbocycles. The molecule has 3 N–H and O–H groups in total. The molecule has 0 unspecified atom stereocenters. The van der Waals surface area contributed by atoms with Crippen LogP contribution in [-0.2, 0) is 4.79 Å². The molecular weight excluding hydrogens is 276 g/mol. The molecule has 0 saturated carbocycles. The van der Waals surface area contributed by atoms with Gasteiger partial charge in [0.15, 0.2) is 6.61 Å². The fourth-order valence-electron chi connectivity index (χ4n) is 1.68. The maximum absolute atomic E-state index is 11.8. The molecule has 0 radical (unpaired) electrons. The zero-order chi connectivity index (χ0) is 14.5. The Balaban J connectivity index is 1.94. The lowest BCUT2D eigenvalue weighted by molar-refractivity contribution is -0.118. The van der Waals surface area contributed by atoms with Crippen LogP contribution in [0.5, 0.6) is 5.75 Å². The van der Waals surface area contributed by atoms with Gasteiger partial charge in [-0.2, -0.15) is 0 Å². The third-order valence-electron chi connectivity index (χ3n) is 2.62. The van der Waals surface area contributed by atoms with Crippen LogP contribution in [0.4, 0.5) is 11.4 Å². The molecule has 0 fully saturated rings. The van der Waals surface area contributed by atoms with Crippen LogP contribution in [0.2, 0.25) is 5.02 Å². The normalized spacial score (nSPS) is 10.1. The molecule has 0 spiro atoms. The van der Waals surface area contributed by atoms with E-state index in [4.69, 9.17) is 22.1 Å². The Morgan fingerprint density at radius 1 is 1.30 bits per heavy atom. The van der Waals surface area contributed by atoms with Crippen LogP contribution in [0.1, 0.15) is 5.56 Å². The quantitative estimate of drug-likeness (QED) is 0.850. The average Bonchev–Trinajstić information content (AvgIpc) is 2.41. The maximum atomic E-state index is 11.8. The highest BCUT2D eigenvalue weighted by molar-refractivity contribution is 6.33. The van der Waals surface area contributed by atoms with Crippen molar-refractivity contribution in [2.75, 3.05) is 17.7 Å². The molecule has 104 valence electrons. The highest BCUT2D eigenvalue weighted by atomic mass is 35.5. The largest absolute Gasteiger partial charge is 0.484 e. The van der Waals surface area contributed by atoms with E-state index in [1.54, 1.807) is 24.3 Å². The predicted octanol–water partition coefficient (Wildman–Crippen LogP) is 3.25. The summed E-state index contributed by atoms with van der Waals surface area (Å²) in [6.07, 6.45) is 0. The Hall–Kier alpha value is -2.20. The van der Waals surface area contributed by atoms with E-state index in [1.807, 2.05) is 25.1 Å². The van der Waals surface area contributed by atoms with E-state index in [9.17, 15) is 4.79 Å². The fraction of sp³-hybridized carbons (Fsp3) is 0.133. The summed E-state index contributed by atoms with van der Waals surface area (Å²) in [6.45, 7) is 1.87. The summed E-state index contributed by atoms with van der Waals surface area (Å²) in [7, 11) is 0. The smallest absolute Gasteiger partial charge is 0.262 e. The number of aryl methyl sites for hydroxylation is 1. The lowest BCUT2D eigenvalue weighted by atomic mass is 10.2. The summed E-state index contributed by atoms with van der Waals surface area (Å²) in [6, 6.07) is 12.4. The number of anilines is 2. The number of hydrogen-bond acceptors (Lipinski definition) is 3. The van der Waals surface area contributed by atoms with Crippen molar-refractivity contribution in [1.29, 1.82) is 0 Å². The van der Waals surface area contributed by atoms with Crippen LogP contribution in [0, 0.1) is 6.92 Å². The van der Waals surface area contributed by atoms with Gasteiger partial charge in [0.1, 0.15) is 5.75 Å². The summed E-state index contributed by atoms with van der Waals surface area (Å²) in [5, 5.41) is 3.09. The van der Waals surface area contributed by atoms with Gasteiger partial charge in [-0.05, 0) is 42.8 Å². The van der Waals surface area contributed by atoms with Gasteiger partial charge < -0.3 is 15.8 Å². The van der Waals surface area contributed by atoms with E-state index >= 15 is 0 Å². The van der Waals surface area contributed by atoms with Gasteiger partial charge in [-0.3, -0.25) is 4.79 Å². The van der Waals surface area contributed by atoms with Crippen LogP contribution in [0.15, 0.2) is 42.5 Å². The van der Waals surface area contributed by atoms with Gasteiger partial charge >= 0.3 is 0 Å². The molecule has 2 rings (SSSR count). The van der Waals surface area contributed by atoms with Crippen molar-refractivity contribution in [2.24, 2.45) is 0 Å². The first-order valence-electron chi connectivity index (χ1n) is 6.09. The molecule has 0 aromatic heterocycles. The second kappa shape index (κ2) is 6.30. The van der Waals surface area contributed by atoms with Gasteiger partial charge in [0.05, 0.1) is 10.7 Å². The van der Waals surface area contributed by atoms with Crippen LogP contribution in [-0.4, -0.2) is 12.5 Å². The lowest BCUT2D eigenvalue weighted by Crippen LogP contribution is -2.20. The summed E-state index contributed by atoms with van der Waals surface area (Å²) < 4.78 is 5.40.